The van der Waals surface area contributed by atoms with E-state index in [2.05, 4.69) is 31.4 Å². The molecular formula is C23H18BrClN4O2S. The minimum absolute atomic E-state index is 0.134. The molecule has 4 aromatic rings. The molecule has 0 radical (unpaired) electrons. The van der Waals surface area contributed by atoms with Gasteiger partial charge in [-0.1, -0.05) is 45.4 Å². The molecule has 1 amide bonds. The Hall–Kier alpha value is -2.81. The fraction of sp³-hybridized carbons (Fsp3) is 0.0870. The Bertz CT molecular complexity index is 1230. The molecular weight excluding hydrogens is 512 g/mol. The molecule has 9 heteroatoms. The Morgan fingerprint density at radius 3 is 2.53 bits per heavy atom. The number of aromatic nitrogens is 3. The van der Waals surface area contributed by atoms with E-state index < -0.39 is 0 Å². The van der Waals surface area contributed by atoms with E-state index >= 15 is 0 Å². The molecule has 3 aromatic carbocycles. The Kier molecular flexibility index (Phi) is 7.14. The molecule has 0 saturated heterocycles. The molecule has 4 rings (SSSR count). The second-order valence-electron chi connectivity index (χ2n) is 6.69. The van der Waals surface area contributed by atoms with E-state index in [0.29, 0.717) is 16.0 Å². The maximum atomic E-state index is 12.5. The molecule has 0 aliphatic carbocycles. The van der Waals surface area contributed by atoms with Crippen LogP contribution in [0.2, 0.25) is 5.02 Å². The molecule has 0 fully saturated rings. The zero-order chi connectivity index (χ0) is 22.5. The fourth-order valence-corrected chi connectivity index (χ4v) is 4.28. The van der Waals surface area contributed by atoms with Crippen LogP contribution in [-0.2, 0) is 4.79 Å². The first-order chi connectivity index (χ1) is 15.5. The van der Waals surface area contributed by atoms with Crippen LogP contribution in [0.5, 0.6) is 5.75 Å². The first-order valence-electron chi connectivity index (χ1n) is 9.57. The number of nitrogens with one attached hydrogen (secondary N) is 1. The fourth-order valence-electron chi connectivity index (χ4n) is 3.01. The molecule has 0 aliphatic rings. The number of ether oxygens (including phenoxy) is 1. The highest BCUT2D eigenvalue weighted by Crippen LogP contribution is 2.29. The molecule has 0 saturated carbocycles. The van der Waals surface area contributed by atoms with Crippen molar-refractivity contribution in [3.05, 3.63) is 82.3 Å². The van der Waals surface area contributed by atoms with Gasteiger partial charge in [0.2, 0.25) is 5.91 Å². The van der Waals surface area contributed by atoms with Gasteiger partial charge in [0.05, 0.1) is 12.9 Å². The zero-order valence-electron chi connectivity index (χ0n) is 17.0. The van der Waals surface area contributed by atoms with Crippen LogP contribution in [0, 0.1) is 0 Å². The molecule has 6 nitrogen and oxygen atoms in total. The van der Waals surface area contributed by atoms with Gasteiger partial charge in [-0.3, -0.25) is 9.36 Å². The lowest BCUT2D eigenvalue weighted by atomic mass is 10.2. The summed E-state index contributed by atoms with van der Waals surface area (Å²) in [6, 6.07) is 22.4. The van der Waals surface area contributed by atoms with Gasteiger partial charge in [0.1, 0.15) is 5.75 Å². The highest BCUT2D eigenvalue weighted by molar-refractivity contribution is 9.10. The normalized spacial score (nSPS) is 10.7. The summed E-state index contributed by atoms with van der Waals surface area (Å²) in [4.78, 5) is 12.5. The average molecular weight is 530 g/mol. The minimum Gasteiger partial charge on any atom is -0.497 e. The number of nitrogens with zero attached hydrogens (tertiary/aromatic N) is 3. The quantitative estimate of drug-likeness (QED) is 0.293. The second kappa shape index (κ2) is 10.2. The van der Waals surface area contributed by atoms with Gasteiger partial charge in [-0.15, -0.1) is 10.2 Å². The molecule has 0 aliphatic heterocycles. The summed E-state index contributed by atoms with van der Waals surface area (Å²) >= 11 is 10.8. The molecule has 162 valence electrons. The van der Waals surface area contributed by atoms with Gasteiger partial charge >= 0.3 is 0 Å². The third kappa shape index (κ3) is 5.32. The topological polar surface area (TPSA) is 69.0 Å². The van der Waals surface area contributed by atoms with E-state index in [1.165, 1.54) is 11.8 Å². The number of halogens is 2. The van der Waals surface area contributed by atoms with E-state index in [4.69, 9.17) is 16.3 Å². The second-order valence-corrected chi connectivity index (χ2v) is 8.99. The number of hydrogen-bond donors (Lipinski definition) is 1. The number of anilines is 1. The lowest BCUT2D eigenvalue weighted by molar-refractivity contribution is -0.113. The lowest BCUT2D eigenvalue weighted by Crippen LogP contribution is -2.14. The number of carbonyl (C=O) groups excluding carboxylic acids is 1. The van der Waals surface area contributed by atoms with Crippen LogP contribution < -0.4 is 10.1 Å². The third-order valence-electron chi connectivity index (χ3n) is 4.51. The summed E-state index contributed by atoms with van der Waals surface area (Å²) in [5.41, 5.74) is 2.45. The van der Waals surface area contributed by atoms with E-state index in [1.54, 1.807) is 7.11 Å². The molecule has 0 atom stereocenters. The van der Waals surface area contributed by atoms with Gasteiger partial charge in [-0.25, -0.2) is 0 Å². The van der Waals surface area contributed by atoms with Crippen LogP contribution in [0.4, 0.5) is 5.69 Å². The summed E-state index contributed by atoms with van der Waals surface area (Å²) in [6.07, 6.45) is 0. The summed E-state index contributed by atoms with van der Waals surface area (Å²) in [7, 11) is 1.62. The van der Waals surface area contributed by atoms with Crippen molar-refractivity contribution in [1.82, 2.24) is 14.8 Å². The van der Waals surface area contributed by atoms with Crippen molar-refractivity contribution in [2.24, 2.45) is 0 Å². The summed E-state index contributed by atoms with van der Waals surface area (Å²) < 4.78 is 8.09. The van der Waals surface area contributed by atoms with Crippen molar-refractivity contribution >= 4 is 50.9 Å². The monoisotopic (exact) mass is 528 g/mol. The van der Waals surface area contributed by atoms with E-state index in [9.17, 15) is 4.79 Å². The number of carbonyl (C=O) groups is 1. The SMILES string of the molecule is COc1ccc(-n2c(SCC(=O)Nc3cccc(Br)c3)nnc2-c2ccc(Cl)cc2)cc1. The number of benzene rings is 3. The Labute approximate surface area is 203 Å². The molecule has 0 spiro atoms. The van der Waals surface area contributed by atoms with Crippen molar-refractivity contribution in [3.63, 3.8) is 0 Å². The average Bonchev–Trinajstić information content (AvgIpc) is 3.22. The largest absolute Gasteiger partial charge is 0.497 e. The van der Waals surface area contributed by atoms with Crippen molar-refractivity contribution in [1.29, 1.82) is 0 Å². The summed E-state index contributed by atoms with van der Waals surface area (Å²) in [5, 5.41) is 12.9. The van der Waals surface area contributed by atoms with Crippen molar-refractivity contribution in [3.8, 4) is 22.8 Å². The van der Waals surface area contributed by atoms with E-state index in [-0.39, 0.29) is 11.7 Å². The maximum Gasteiger partial charge on any atom is 0.234 e. The summed E-state index contributed by atoms with van der Waals surface area (Å²) in [6.45, 7) is 0. The number of rotatable bonds is 7. The van der Waals surface area contributed by atoms with E-state index in [1.807, 2.05) is 77.4 Å². The van der Waals surface area contributed by atoms with Crippen molar-refractivity contribution in [2.45, 2.75) is 5.16 Å². The molecule has 1 N–H and O–H groups in total. The van der Waals surface area contributed by atoms with E-state index in [0.717, 1.165) is 27.2 Å². The van der Waals surface area contributed by atoms with Crippen LogP contribution in [0.15, 0.2) is 82.4 Å². The molecule has 0 unspecified atom stereocenters. The number of amides is 1. The van der Waals surface area contributed by atoms with Crippen LogP contribution in [0.1, 0.15) is 0 Å². The molecule has 1 heterocycles. The van der Waals surface area contributed by atoms with Crippen molar-refractivity contribution in [2.75, 3.05) is 18.2 Å². The maximum absolute atomic E-state index is 12.5. The summed E-state index contributed by atoms with van der Waals surface area (Å²) in [5.74, 6) is 1.45. The predicted octanol–water partition coefficient (Wildman–Crippen LogP) is 6.09. The van der Waals surface area contributed by atoms with Gasteiger partial charge in [0.15, 0.2) is 11.0 Å². The first kappa shape index (κ1) is 22.4. The highest BCUT2D eigenvalue weighted by Gasteiger charge is 2.17. The number of hydrogen-bond acceptors (Lipinski definition) is 5. The molecule has 0 bridgehead atoms. The van der Waals surface area contributed by atoms with Gasteiger partial charge < -0.3 is 10.1 Å². The van der Waals surface area contributed by atoms with Gasteiger partial charge in [0.25, 0.3) is 0 Å². The molecule has 32 heavy (non-hydrogen) atoms. The predicted molar refractivity (Wildman–Crippen MR) is 132 cm³/mol. The highest BCUT2D eigenvalue weighted by atomic mass is 79.9. The van der Waals surface area contributed by atoms with Crippen molar-refractivity contribution < 1.29 is 9.53 Å². The lowest BCUT2D eigenvalue weighted by Gasteiger charge is -2.11. The van der Waals surface area contributed by atoms with Crippen LogP contribution >= 0.6 is 39.3 Å². The van der Waals surface area contributed by atoms with Crippen LogP contribution in [0.3, 0.4) is 0 Å². The minimum atomic E-state index is -0.134. The Morgan fingerprint density at radius 1 is 1.09 bits per heavy atom. The van der Waals surface area contributed by atoms with Crippen LogP contribution in [0.25, 0.3) is 17.1 Å². The first-order valence-corrected chi connectivity index (χ1v) is 11.7. The Morgan fingerprint density at radius 2 is 1.84 bits per heavy atom. The smallest absolute Gasteiger partial charge is 0.234 e. The number of thioether (sulfide) groups is 1. The third-order valence-corrected chi connectivity index (χ3v) is 6.18. The standard InChI is InChI=1S/C23H18BrClN4O2S/c1-31-20-11-9-19(10-12-20)29-22(15-5-7-17(25)8-6-15)27-28-23(29)32-14-21(30)26-18-4-2-3-16(24)13-18/h2-13H,14H2,1H3,(H,26,30). The van der Waals surface area contributed by atoms with Gasteiger partial charge in [-0.05, 0) is 66.7 Å². The zero-order valence-corrected chi connectivity index (χ0v) is 20.1. The number of methoxy groups -OCH3 is 1. The van der Waals surface area contributed by atoms with Crippen LogP contribution in [-0.4, -0.2) is 33.5 Å². The Balaban J connectivity index is 1.61. The van der Waals surface area contributed by atoms with Gasteiger partial charge in [-0.2, -0.15) is 0 Å². The van der Waals surface area contributed by atoms with Gasteiger partial charge in [0, 0.05) is 26.4 Å². The molecule has 1 aromatic heterocycles.